The third-order valence-corrected chi connectivity index (χ3v) is 9.27. The van der Waals surface area contributed by atoms with Crippen molar-refractivity contribution in [2.75, 3.05) is 9.80 Å². The molecule has 2 aliphatic rings. The highest BCUT2D eigenvalue weighted by atomic mass is 19.4. The molecule has 0 radical (unpaired) electrons. The van der Waals surface area contributed by atoms with Gasteiger partial charge < -0.3 is 9.47 Å². The summed E-state index contributed by atoms with van der Waals surface area (Å²) in [5.41, 5.74) is -7.81. The topological polar surface area (TPSA) is 93.2 Å². The van der Waals surface area contributed by atoms with E-state index in [9.17, 15) is 19.2 Å². The van der Waals surface area contributed by atoms with E-state index in [2.05, 4.69) is 0 Å². The number of rotatable bonds is 12. The fourth-order valence-electron chi connectivity index (χ4n) is 6.73. The Kier molecular flexibility index (Phi) is 10.8. The maximum Gasteiger partial charge on any atom is 0.411 e. The van der Waals surface area contributed by atoms with E-state index in [0.717, 1.165) is 72.8 Å². The van der Waals surface area contributed by atoms with E-state index in [1.54, 1.807) is 13.8 Å². The Morgan fingerprint density at radius 3 is 1.16 bits per heavy atom. The van der Waals surface area contributed by atoms with Gasteiger partial charge in [0.1, 0.15) is 23.0 Å². The van der Waals surface area contributed by atoms with E-state index in [1.807, 2.05) is 0 Å². The SMILES string of the molecule is CCCc1cc(C(c2ccc(Oc3ccc(N4C(=O)C=CC4=O)c(F)c3)c(CCC)c2)(C(F)(F)F)C(F)(F)F)ccc1Oc1ccc(N2C(=O)C=CC2=O)c(F)c1. The number of halogens is 8. The first-order valence-electron chi connectivity index (χ1n) is 17.4. The smallest absolute Gasteiger partial charge is 0.411 e. The highest BCUT2D eigenvalue weighted by Gasteiger charge is 2.72. The number of carbonyl (C=O) groups is 4. The van der Waals surface area contributed by atoms with Crippen LogP contribution in [0.15, 0.2) is 97.1 Å². The first kappa shape index (κ1) is 40.3. The average Bonchev–Trinajstić information content (AvgIpc) is 3.64. The van der Waals surface area contributed by atoms with Gasteiger partial charge in [0.2, 0.25) is 5.41 Å². The minimum absolute atomic E-state index is 0.0439. The minimum Gasteiger partial charge on any atom is -0.457 e. The van der Waals surface area contributed by atoms with Gasteiger partial charge in [0.15, 0.2) is 11.6 Å². The Morgan fingerprint density at radius 2 is 0.860 bits per heavy atom. The van der Waals surface area contributed by atoms with E-state index < -0.39 is 64.2 Å². The van der Waals surface area contributed by atoms with Crippen LogP contribution in [0.3, 0.4) is 0 Å². The summed E-state index contributed by atoms with van der Waals surface area (Å²) in [5.74, 6) is -6.00. The van der Waals surface area contributed by atoms with Crippen LogP contribution in [0.1, 0.15) is 48.9 Å². The van der Waals surface area contributed by atoms with Crippen LogP contribution in [0.2, 0.25) is 0 Å². The lowest BCUT2D eigenvalue weighted by Gasteiger charge is -2.39. The molecule has 57 heavy (non-hydrogen) atoms. The molecule has 296 valence electrons. The predicted molar refractivity (Wildman–Crippen MR) is 190 cm³/mol. The molecule has 0 aromatic heterocycles. The Bertz CT molecular complexity index is 2150. The molecule has 0 saturated heterocycles. The van der Waals surface area contributed by atoms with Crippen LogP contribution in [-0.4, -0.2) is 36.0 Å². The van der Waals surface area contributed by atoms with Crippen molar-refractivity contribution in [3.63, 3.8) is 0 Å². The van der Waals surface area contributed by atoms with Crippen LogP contribution in [0.5, 0.6) is 23.0 Å². The first-order valence-corrected chi connectivity index (χ1v) is 17.4. The van der Waals surface area contributed by atoms with Gasteiger partial charge in [-0.1, -0.05) is 51.0 Å². The summed E-state index contributed by atoms with van der Waals surface area (Å²) in [6.45, 7) is 3.28. The summed E-state index contributed by atoms with van der Waals surface area (Å²) in [4.78, 5) is 49.3. The molecule has 0 N–H and O–H groups in total. The normalized spacial score (nSPS) is 14.7. The molecule has 0 bridgehead atoms. The van der Waals surface area contributed by atoms with Crippen LogP contribution in [0.4, 0.5) is 46.5 Å². The van der Waals surface area contributed by atoms with Crippen molar-refractivity contribution in [3.05, 3.63) is 131 Å². The molecule has 0 atom stereocenters. The fraction of sp³-hybridized carbons (Fsp3) is 0.220. The lowest BCUT2D eigenvalue weighted by molar-refractivity contribution is -0.288. The summed E-state index contributed by atoms with van der Waals surface area (Å²) >= 11 is 0. The fourth-order valence-corrected chi connectivity index (χ4v) is 6.73. The van der Waals surface area contributed by atoms with Gasteiger partial charge in [-0.05, 0) is 71.5 Å². The highest BCUT2D eigenvalue weighted by molar-refractivity contribution is 6.28. The van der Waals surface area contributed by atoms with E-state index in [4.69, 9.17) is 9.47 Å². The van der Waals surface area contributed by atoms with Crippen molar-refractivity contribution < 1.29 is 63.8 Å². The number of benzene rings is 4. The molecule has 0 spiro atoms. The maximum absolute atomic E-state index is 15.3. The van der Waals surface area contributed by atoms with Crippen molar-refractivity contribution >= 4 is 35.0 Å². The van der Waals surface area contributed by atoms with Crippen molar-refractivity contribution in [1.82, 2.24) is 0 Å². The monoisotopic (exact) mass is 798 g/mol. The van der Waals surface area contributed by atoms with Crippen LogP contribution in [-0.2, 0) is 37.4 Å². The number of aryl methyl sites for hydroxylation is 2. The summed E-state index contributed by atoms with van der Waals surface area (Å²) in [6, 6.07) is 10.8. The number of anilines is 2. The van der Waals surface area contributed by atoms with Gasteiger partial charge in [-0.15, -0.1) is 0 Å². The highest BCUT2D eigenvalue weighted by Crippen LogP contribution is 2.57. The third kappa shape index (κ3) is 7.38. The number of nitrogens with zero attached hydrogens (tertiary/aromatic N) is 2. The van der Waals surface area contributed by atoms with Gasteiger partial charge in [-0.2, -0.15) is 26.3 Å². The summed E-state index contributed by atoms with van der Waals surface area (Å²) < 4.78 is 134. The molecule has 16 heteroatoms. The van der Waals surface area contributed by atoms with Crippen molar-refractivity contribution in [2.45, 2.75) is 57.3 Å². The summed E-state index contributed by atoms with van der Waals surface area (Å²) in [7, 11) is 0. The zero-order chi connectivity index (χ0) is 41.4. The van der Waals surface area contributed by atoms with E-state index in [-0.39, 0.29) is 71.2 Å². The molecule has 4 aromatic carbocycles. The number of imide groups is 2. The van der Waals surface area contributed by atoms with Crippen LogP contribution in [0, 0.1) is 11.6 Å². The predicted octanol–water partition coefficient (Wildman–Crippen LogP) is 9.72. The zero-order valence-corrected chi connectivity index (χ0v) is 29.9. The quantitative estimate of drug-likeness (QED) is 0.105. The van der Waals surface area contributed by atoms with Gasteiger partial charge >= 0.3 is 12.4 Å². The summed E-state index contributed by atoms with van der Waals surface area (Å²) in [6.07, 6.45) is -7.68. The number of carbonyl (C=O) groups excluding carboxylic acids is 4. The van der Waals surface area contributed by atoms with Crippen LogP contribution >= 0.6 is 0 Å². The van der Waals surface area contributed by atoms with Gasteiger partial charge in [-0.25, -0.2) is 18.6 Å². The molecule has 6 rings (SSSR count). The molecule has 4 aromatic rings. The molecule has 0 fully saturated rings. The number of alkyl halides is 6. The molecular formula is C41H30F8N2O6. The Hall–Kier alpha value is -6.32. The number of amides is 4. The van der Waals surface area contributed by atoms with Gasteiger partial charge in [0.05, 0.1) is 11.4 Å². The van der Waals surface area contributed by atoms with E-state index in [0.29, 0.717) is 21.9 Å². The molecular weight excluding hydrogens is 768 g/mol. The zero-order valence-electron chi connectivity index (χ0n) is 29.9. The lowest BCUT2D eigenvalue weighted by Crippen LogP contribution is -2.54. The van der Waals surface area contributed by atoms with Gasteiger partial charge in [0, 0.05) is 36.4 Å². The second-order valence-corrected chi connectivity index (χ2v) is 13.0. The Morgan fingerprint density at radius 1 is 0.509 bits per heavy atom. The second kappa shape index (κ2) is 15.3. The third-order valence-electron chi connectivity index (χ3n) is 9.27. The van der Waals surface area contributed by atoms with Gasteiger partial charge in [-0.3, -0.25) is 19.2 Å². The minimum atomic E-state index is -5.96. The average molecular weight is 799 g/mol. The Balaban J connectivity index is 1.38. The molecule has 2 aliphatic heterocycles. The van der Waals surface area contributed by atoms with Crippen LogP contribution in [0.25, 0.3) is 0 Å². The molecule has 0 saturated carbocycles. The first-order chi connectivity index (χ1) is 26.9. The van der Waals surface area contributed by atoms with Gasteiger partial charge in [0.25, 0.3) is 23.6 Å². The summed E-state index contributed by atoms with van der Waals surface area (Å²) in [5, 5.41) is 0. The number of ether oxygens (including phenoxy) is 2. The van der Waals surface area contributed by atoms with E-state index in [1.165, 1.54) is 12.1 Å². The maximum atomic E-state index is 15.3. The molecule has 2 heterocycles. The van der Waals surface area contributed by atoms with Crippen molar-refractivity contribution in [2.24, 2.45) is 0 Å². The van der Waals surface area contributed by atoms with E-state index >= 15 is 35.1 Å². The number of hydrogen-bond acceptors (Lipinski definition) is 6. The standard InChI is InChI=1S/C41H30F8N2O6/c1-3-5-23-19-25(7-13-33(23)56-27-9-11-31(29(42)21-27)50-35(52)15-16-36(50)53)39(40(44,45)46,41(47,48)49)26-8-14-34(24(20-26)6-4-2)57-28-10-12-32(30(43)22-28)51-37(54)17-18-38(51)55/h7-22H,3-6H2,1-2H3. The largest absolute Gasteiger partial charge is 0.457 e. The molecule has 0 unspecified atom stereocenters. The number of hydrogen-bond donors (Lipinski definition) is 0. The van der Waals surface area contributed by atoms with Crippen LogP contribution < -0.4 is 19.3 Å². The lowest BCUT2D eigenvalue weighted by atomic mass is 9.71. The molecule has 0 aliphatic carbocycles. The molecule has 8 nitrogen and oxygen atoms in total. The van der Waals surface area contributed by atoms with Crippen molar-refractivity contribution in [1.29, 1.82) is 0 Å². The van der Waals surface area contributed by atoms with Crippen molar-refractivity contribution in [3.8, 4) is 23.0 Å². The molecule has 4 amide bonds. The second-order valence-electron chi connectivity index (χ2n) is 13.0. The Labute approximate surface area is 319 Å².